The SMILES string of the molecule is CC(=O)N1CCC(n2ccc(N=C(C)c3c(O)[nH]c4cnc(-c5cnccc5C)cc34)n2)CC1. The van der Waals surface area contributed by atoms with Gasteiger partial charge in [-0.3, -0.25) is 19.4 Å². The number of piperidine rings is 1. The normalized spacial score (nSPS) is 15.3. The number of pyridine rings is 2. The number of aryl methyl sites for hydroxylation is 1. The van der Waals surface area contributed by atoms with Crippen molar-refractivity contribution < 1.29 is 9.90 Å². The molecule has 5 heterocycles. The Labute approximate surface area is 197 Å². The van der Waals surface area contributed by atoms with E-state index in [2.05, 4.69) is 20.1 Å². The lowest BCUT2D eigenvalue weighted by molar-refractivity contribution is -0.130. The molecule has 9 nitrogen and oxygen atoms in total. The Morgan fingerprint density at radius 3 is 2.74 bits per heavy atom. The number of aromatic nitrogens is 5. The minimum Gasteiger partial charge on any atom is -0.494 e. The Bertz CT molecular complexity index is 1390. The molecule has 0 spiro atoms. The van der Waals surface area contributed by atoms with Gasteiger partial charge in [0.2, 0.25) is 5.91 Å². The molecule has 0 radical (unpaired) electrons. The Balaban J connectivity index is 1.43. The number of fused-ring (bicyclic) bond motifs is 1. The van der Waals surface area contributed by atoms with Crippen LogP contribution in [0.15, 0.2) is 48.0 Å². The van der Waals surface area contributed by atoms with Gasteiger partial charge in [-0.05, 0) is 44.4 Å². The molecule has 1 saturated heterocycles. The largest absolute Gasteiger partial charge is 0.494 e. The highest BCUT2D eigenvalue weighted by Gasteiger charge is 2.23. The predicted octanol–water partition coefficient (Wildman–Crippen LogP) is 4.16. The lowest BCUT2D eigenvalue weighted by Gasteiger charge is -2.31. The molecule has 1 aliphatic rings. The first-order valence-corrected chi connectivity index (χ1v) is 11.4. The zero-order valence-electron chi connectivity index (χ0n) is 19.5. The summed E-state index contributed by atoms with van der Waals surface area (Å²) >= 11 is 0. The van der Waals surface area contributed by atoms with E-state index >= 15 is 0 Å². The maximum atomic E-state index is 11.6. The van der Waals surface area contributed by atoms with Crippen molar-refractivity contribution in [1.29, 1.82) is 0 Å². The van der Waals surface area contributed by atoms with Gasteiger partial charge in [-0.1, -0.05) is 0 Å². The van der Waals surface area contributed by atoms with Crippen LogP contribution in [-0.4, -0.2) is 59.4 Å². The Kier molecular flexibility index (Phi) is 5.61. The number of H-pyrrole nitrogens is 1. The van der Waals surface area contributed by atoms with E-state index in [1.165, 1.54) is 0 Å². The molecule has 2 N–H and O–H groups in total. The van der Waals surface area contributed by atoms with Gasteiger partial charge in [-0.25, -0.2) is 4.99 Å². The molecule has 0 unspecified atom stereocenters. The van der Waals surface area contributed by atoms with Crippen molar-refractivity contribution in [2.75, 3.05) is 13.1 Å². The molecular weight excluding hydrogens is 430 g/mol. The van der Waals surface area contributed by atoms with Crippen LogP contribution in [0.2, 0.25) is 0 Å². The summed E-state index contributed by atoms with van der Waals surface area (Å²) in [5, 5.41) is 16.1. The van der Waals surface area contributed by atoms with Crippen molar-refractivity contribution in [3.05, 3.63) is 54.1 Å². The van der Waals surface area contributed by atoms with E-state index < -0.39 is 0 Å². The van der Waals surface area contributed by atoms with Gasteiger partial charge in [0.25, 0.3) is 0 Å². The van der Waals surface area contributed by atoms with Crippen molar-refractivity contribution >= 4 is 28.3 Å². The van der Waals surface area contributed by atoms with Crippen LogP contribution in [0, 0.1) is 6.92 Å². The number of hydrogen-bond acceptors (Lipinski definition) is 6. The molecule has 5 rings (SSSR count). The van der Waals surface area contributed by atoms with Gasteiger partial charge in [0.15, 0.2) is 11.7 Å². The molecule has 1 fully saturated rings. The Morgan fingerprint density at radius 1 is 1.21 bits per heavy atom. The highest BCUT2D eigenvalue weighted by molar-refractivity contribution is 6.13. The molecule has 4 aromatic heterocycles. The van der Waals surface area contributed by atoms with E-state index in [1.54, 1.807) is 25.5 Å². The molecule has 1 amide bonds. The summed E-state index contributed by atoms with van der Waals surface area (Å²) in [6.45, 7) is 6.98. The molecule has 9 heteroatoms. The molecule has 0 bridgehead atoms. The smallest absolute Gasteiger partial charge is 0.219 e. The number of amides is 1. The summed E-state index contributed by atoms with van der Waals surface area (Å²) in [5.74, 6) is 0.752. The highest BCUT2D eigenvalue weighted by Crippen LogP contribution is 2.32. The van der Waals surface area contributed by atoms with E-state index in [4.69, 9.17) is 4.99 Å². The van der Waals surface area contributed by atoms with Gasteiger partial charge in [0.1, 0.15) is 0 Å². The highest BCUT2D eigenvalue weighted by atomic mass is 16.3. The zero-order valence-corrected chi connectivity index (χ0v) is 19.5. The van der Waals surface area contributed by atoms with E-state index in [1.807, 2.05) is 47.8 Å². The lowest BCUT2D eigenvalue weighted by atomic mass is 10.0. The molecule has 0 aliphatic carbocycles. The van der Waals surface area contributed by atoms with Crippen LogP contribution < -0.4 is 0 Å². The Hall–Kier alpha value is -4.01. The maximum Gasteiger partial charge on any atom is 0.219 e. The summed E-state index contributed by atoms with van der Waals surface area (Å²) < 4.78 is 1.94. The molecule has 174 valence electrons. The number of carbonyl (C=O) groups excluding carboxylic acids is 1. The monoisotopic (exact) mass is 457 g/mol. The molecule has 34 heavy (non-hydrogen) atoms. The molecule has 4 aromatic rings. The molecule has 0 atom stereocenters. The fraction of sp³-hybridized carbons (Fsp3) is 0.320. The van der Waals surface area contributed by atoms with Gasteiger partial charge in [0.05, 0.1) is 34.7 Å². The average molecular weight is 458 g/mol. The van der Waals surface area contributed by atoms with Crippen LogP contribution in [0.5, 0.6) is 5.88 Å². The molecule has 0 aromatic carbocycles. The summed E-state index contributed by atoms with van der Waals surface area (Å²) in [6.07, 6.45) is 8.95. The number of carbonyl (C=O) groups is 1. The van der Waals surface area contributed by atoms with Crippen LogP contribution >= 0.6 is 0 Å². The van der Waals surface area contributed by atoms with E-state index in [0.29, 0.717) is 17.1 Å². The molecule has 0 saturated carbocycles. The quantitative estimate of drug-likeness (QED) is 0.447. The minimum atomic E-state index is 0.0501. The second-order valence-electron chi connectivity index (χ2n) is 8.74. The van der Waals surface area contributed by atoms with Crippen molar-refractivity contribution in [3.63, 3.8) is 0 Å². The van der Waals surface area contributed by atoms with E-state index in [0.717, 1.165) is 53.7 Å². The zero-order chi connectivity index (χ0) is 23.8. The summed E-state index contributed by atoms with van der Waals surface area (Å²) in [6, 6.07) is 6.02. The molecular formula is C25H27N7O2. The van der Waals surface area contributed by atoms with Gasteiger partial charge in [-0.2, -0.15) is 5.10 Å². The van der Waals surface area contributed by atoms with Gasteiger partial charge >= 0.3 is 0 Å². The number of aromatic hydroxyl groups is 1. The second kappa shape index (κ2) is 8.74. The number of hydrogen-bond donors (Lipinski definition) is 2. The van der Waals surface area contributed by atoms with Crippen LogP contribution in [0.3, 0.4) is 0 Å². The van der Waals surface area contributed by atoms with Crippen molar-refractivity contribution in [1.82, 2.24) is 29.6 Å². The fourth-order valence-electron chi connectivity index (χ4n) is 4.59. The number of nitrogens with zero attached hydrogens (tertiary/aromatic N) is 6. The Morgan fingerprint density at radius 2 is 2.00 bits per heavy atom. The maximum absolute atomic E-state index is 11.6. The molecule has 1 aliphatic heterocycles. The standard InChI is InChI=1S/C25H27N7O2/c1-15-4-8-26-13-20(15)21-12-19-22(14-27-21)29-25(34)24(19)16(2)28-23-7-11-32(30-23)18-5-9-31(10-6-18)17(3)33/h4,7-8,11-14,18,29,34H,5-6,9-10H2,1-3H3. The van der Waals surface area contributed by atoms with Crippen LogP contribution in [0.25, 0.3) is 22.2 Å². The van der Waals surface area contributed by atoms with Crippen LogP contribution in [0.4, 0.5) is 5.82 Å². The van der Waals surface area contributed by atoms with Gasteiger partial charge < -0.3 is 15.0 Å². The van der Waals surface area contributed by atoms with Gasteiger partial charge in [0, 0.05) is 55.6 Å². The number of rotatable bonds is 4. The number of aromatic amines is 1. The predicted molar refractivity (Wildman–Crippen MR) is 130 cm³/mol. The third-order valence-electron chi connectivity index (χ3n) is 6.50. The van der Waals surface area contributed by atoms with Crippen LogP contribution in [0.1, 0.15) is 43.9 Å². The fourth-order valence-corrected chi connectivity index (χ4v) is 4.59. The third kappa shape index (κ3) is 4.05. The van der Waals surface area contributed by atoms with Crippen molar-refractivity contribution in [2.45, 2.75) is 39.7 Å². The number of nitrogens with one attached hydrogen (secondary N) is 1. The van der Waals surface area contributed by atoms with Crippen molar-refractivity contribution in [2.24, 2.45) is 4.99 Å². The minimum absolute atomic E-state index is 0.0501. The second-order valence-corrected chi connectivity index (χ2v) is 8.74. The summed E-state index contributed by atoms with van der Waals surface area (Å²) in [5.41, 5.74) is 4.82. The number of aliphatic imine (C=N–C) groups is 1. The van der Waals surface area contributed by atoms with Crippen molar-refractivity contribution in [3.8, 4) is 17.1 Å². The van der Waals surface area contributed by atoms with E-state index in [9.17, 15) is 9.90 Å². The van der Waals surface area contributed by atoms with Crippen LogP contribution in [-0.2, 0) is 4.79 Å². The first kappa shape index (κ1) is 21.8. The summed E-state index contributed by atoms with van der Waals surface area (Å²) in [7, 11) is 0. The average Bonchev–Trinajstić information content (AvgIpc) is 3.42. The third-order valence-corrected chi connectivity index (χ3v) is 6.50. The summed E-state index contributed by atoms with van der Waals surface area (Å²) in [4.78, 5) is 29.9. The first-order valence-electron chi connectivity index (χ1n) is 11.4. The van der Waals surface area contributed by atoms with E-state index in [-0.39, 0.29) is 17.8 Å². The topological polar surface area (TPSA) is 112 Å². The number of likely N-dealkylation sites (tertiary alicyclic amines) is 1. The van der Waals surface area contributed by atoms with Gasteiger partial charge in [-0.15, -0.1) is 0 Å². The first-order chi connectivity index (χ1) is 16.4. The lowest BCUT2D eigenvalue weighted by Crippen LogP contribution is -2.37.